The van der Waals surface area contributed by atoms with Crippen molar-refractivity contribution in [1.82, 2.24) is 0 Å². The number of rotatable bonds is 1. The monoisotopic (exact) mass is 139 g/mol. The molecule has 2 atom stereocenters. The van der Waals surface area contributed by atoms with Crippen molar-refractivity contribution in [3.8, 4) is 0 Å². The summed E-state index contributed by atoms with van der Waals surface area (Å²) in [6.07, 6.45) is 4.20. The van der Waals surface area contributed by atoms with Crippen LogP contribution in [0.1, 0.15) is 13.8 Å². The Morgan fingerprint density at radius 1 is 1.60 bits per heavy atom. The van der Waals surface area contributed by atoms with Gasteiger partial charge in [-0.3, -0.25) is 4.99 Å². The lowest BCUT2D eigenvalue weighted by atomic mass is 10.0. The van der Waals surface area contributed by atoms with E-state index in [2.05, 4.69) is 11.9 Å². The molecule has 2 heteroatoms. The molecule has 56 valence electrons. The van der Waals surface area contributed by atoms with E-state index in [0.717, 1.165) is 5.70 Å². The predicted molar refractivity (Wildman–Crippen MR) is 42.2 cm³/mol. The van der Waals surface area contributed by atoms with E-state index in [4.69, 9.17) is 4.74 Å². The quantitative estimate of drug-likeness (QED) is 0.541. The molecule has 1 aliphatic heterocycles. The topological polar surface area (TPSA) is 21.6 Å². The average Bonchev–Trinajstić information content (AvgIpc) is 1.94. The molecule has 0 fully saturated rings. The van der Waals surface area contributed by atoms with Crippen LogP contribution in [-0.4, -0.2) is 19.4 Å². The first-order valence-electron chi connectivity index (χ1n) is 3.49. The minimum atomic E-state index is 0.220. The predicted octanol–water partition coefficient (Wildman–Crippen LogP) is 1.63. The first kappa shape index (κ1) is 7.48. The molecule has 0 saturated heterocycles. The number of methoxy groups -OCH3 is 1. The Balaban J connectivity index is 2.67. The molecule has 1 unspecified atom stereocenters. The van der Waals surface area contributed by atoms with E-state index in [0.29, 0.717) is 5.92 Å². The summed E-state index contributed by atoms with van der Waals surface area (Å²) in [6, 6.07) is 0. The van der Waals surface area contributed by atoms with Gasteiger partial charge < -0.3 is 4.74 Å². The lowest BCUT2D eigenvalue weighted by Gasteiger charge is -2.19. The van der Waals surface area contributed by atoms with Crippen molar-refractivity contribution in [1.29, 1.82) is 0 Å². The molecular formula is C8H13NO. The highest BCUT2D eigenvalue weighted by Gasteiger charge is 2.14. The van der Waals surface area contributed by atoms with Gasteiger partial charge in [0.1, 0.15) is 0 Å². The Hall–Kier alpha value is -0.630. The van der Waals surface area contributed by atoms with Crippen molar-refractivity contribution in [3.05, 3.63) is 11.8 Å². The van der Waals surface area contributed by atoms with Gasteiger partial charge in [-0.25, -0.2) is 0 Å². The maximum Gasteiger partial charge on any atom is 0.0847 e. The second-order valence-corrected chi connectivity index (χ2v) is 2.65. The van der Waals surface area contributed by atoms with Crippen LogP contribution in [-0.2, 0) is 4.74 Å². The van der Waals surface area contributed by atoms with Crippen molar-refractivity contribution in [2.24, 2.45) is 10.9 Å². The van der Waals surface area contributed by atoms with Gasteiger partial charge in [0.25, 0.3) is 0 Å². The molecule has 0 bridgehead atoms. The summed E-state index contributed by atoms with van der Waals surface area (Å²) < 4.78 is 5.21. The molecule has 0 aliphatic carbocycles. The number of hydrogen-bond acceptors (Lipinski definition) is 2. The van der Waals surface area contributed by atoms with E-state index in [9.17, 15) is 0 Å². The highest BCUT2D eigenvalue weighted by atomic mass is 16.5. The average molecular weight is 139 g/mol. The minimum absolute atomic E-state index is 0.220. The molecule has 1 heterocycles. The molecule has 0 aromatic carbocycles. The summed E-state index contributed by atoms with van der Waals surface area (Å²) in [6.45, 7) is 4.08. The van der Waals surface area contributed by atoms with E-state index >= 15 is 0 Å². The third-order valence-electron chi connectivity index (χ3n) is 1.71. The van der Waals surface area contributed by atoms with Crippen molar-refractivity contribution >= 4 is 6.21 Å². The number of nitrogens with zero attached hydrogens (tertiary/aromatic N) is 1. The van der Waals surface area contributed by atoms with Crippen LogP contribution in [0.2, 0.25) is 0 Å². The smallest absolute Gasteiger partial charge is 0.0847 e. The van der Waals surface area contributed by atoms with E-state index in [1.54, 1.807) is 7.11 Å². The first-order chi connectivity index (χ1) is 4.74. The molecule has 0 saturated carbocycles. The fourth-order valence-electron chi connectivity index (χ4n) is 1.04. The van der Waals surface area contributed by atoms with Gasteiger partial charge in [-0.1, -0.05) is 6.92 Å². The van der Waals surface area contributed by atoms with E-state index in [1.807, 2.05) is 19.2 Å². The molecule has 1 aliphatic rings. The molecule has 2 nitrogen and oxygen atoms in total. The van der Waals surface area contributed by atoms with Gasteiger partial charge in [0, 0.05) is 24.9 Å². The number of ether oxygens (including phenoxy) is 1. The van der Waals surface area contributed by atoms with Crippen LogP contribution in [0.15, 0.2) is 16.8 Å². The molecular weight excluding hydrogens is 126 g/mol. The lowest BCUT2D eigenvalue weighted by Crippen LogP contribution is -2.21. The van der Waals surface area contributed by atoms with Gasteiger partial charge in [-0.15, -0.1) is 0 Å². The largest absolute Gasteiger partial charge is 0.377 e. The Bertz CT molecular complexity index is 172. The van der Waals surface area contributed by atoms with Crippen molar-refractivity contribution in [2.75, 3.05) is 7.11 Å². The third-order valence-corrected chi connectivity index (χ3v) is 1.71. The summed E-state index contributed by atoms with van der Waals surface area (Å²) in [4.78, 5) is 4.17. The van der Waals surface area contributed by atoms with Crippen LogP contribution in [0.3, 0.4) is 0 Å². The normalized spacial score (nSPS) is 32.1. The van der Waals surface area contributed by atoms with Crippen molar-refractivity contribution < 1.29 is 4.74 Å². The van der Waals surface area contributed by atoms with Gasteiger partial charge >= 0.3 is 0 Å². The van der Waals surface area contributed by atoms with Crippen LogP contribution in [0.4, 0.5) is 0 Å². The van der Waals surface area contributed by atoms with Crippen molar-refractivity contribution in [2.45, 2.75) is 20.0 Å². The van der Waals surface area contributed by atoms with Gasteiger partial charge in [0.15, 0.2) is 0 Å². The molecule has 0 amide bonds. The molecule has 0 aromatic heterocycles. The Morgan fingerprint density at radius 2 is 2.30 bits per heavy atom. The SMILES string of the molecule is COC1C=C(C)N=C[C@H]1C. The molecule has 0 N–H and O–H groups in total. The van der Waals surface area contributed by atoms with Crippen LogP contribution in [0.5, 0.6) is 0 Å². The summed E-state index contributed by atoms with van der Waals surface area (Å²) in [7, 11) is 1.73. The molecule has 0 radical (unpaired) electrons. The fourth-order valence-corrected chi connectivity index (χ4v) is 1.04. The highest BCUT2D eigenvalue weighted by molar-refractivity contribution is 5.64. The maximum atomic E-state index is 5.21. The number of hydrogen-bond donors (Lipinski definition) is 0. The zero-order valence-electron chi connectivity index (χ0n) is 6.66. The lowest BCUT2D eigenvalue weighted by molar-refractivity contribution is 0.118. The standard InChI is InChI=1S/C8H13NO/c1-6-5-9-7(2)4-8(6)10-3/h4-6,8H,1-3H3/t6-,8?/m1/s1. The van der Waals surface area contributed by atoms with E-state index in [1.165, 1.54) is 0 Å². The summed E-state index contributed by atoms with van der Waals surface area (Å²) in [5.41, 5.74) is 1.05. The van der Waals surface area contributed by atoms with E-state index in [-0.39, 0.29) is 6.10 Å². The third kappa shape index (κ3) is 1.45. The van der Waals surface area contributed by atoms with Crippen LogP contribution >= 0.6 is 0 Å². The maximum absolute atomic E-state index is 5.21. The van der Waals surface area contributed by atoms with Gasteiger partial charge in [-0.05, 0) is 13.0 Å². The first-order valence-corrected chi connectivity index (χ1v) is 3.49. The molecule has 0 spiro atoms. The van der Waals surface area contributed by atoms with Gasteiger partial charge in [0.05, 0.1) is 6.10 Å². The van der Waals surface area contributed by atoms with Gasteiger partial charge in [0.2, 0.25) is 0 Å². The zero-order chi connectivity index (χ0) is 7.56. The second-order valence-electron chi connectivity index (χ2n) is 2.65. The van der Waals surface area contributed by atoms with Crippen LogP contribution < -0.4 is 0 Å². The summed E-state index contributed by atoms with van der Waals surface area (Å²) in [5, 5.41) is 0. The summed E-state index contributed by atoms with van der Waals surface area (Å²) >= 11 is 0. The Kier molecular flexibility index (Phi) is 2.22. The fraction of sp³-hybridized carbons (Fsp3) is 0.625. The van der Waals surface area contributed by atoms with Crippen LogP contribution in [0.25, 0.3) is 0 Å². The van der Waals surface area contributed by atoms with Gasteiger partial charge in [-0.2, -0.15) is 0 Å². The summed E-state index contributed by atoms with van der Waals surface area (Å²) in [5.74, 6) is 0.411. The van der Waals surface area contributed by atoms with E-state index < -0.39 is 0 Å². The number of allylic oxidation sites excluding steroid dienone is 1. The van der Waals surface area contributed by atoms with Crippen molar-refractivity contribution in [3.63, 3.8) is 0 Å². The van der Waals surface area contributed by atoms with Crippen LogP contribution in [0, 0.1) is 5.92 Å². The second kappa shape index (κ2) is 2.97. The minimum Gasteiger partial charge on any atom is -0.377 e. The molecule has 0 aromatic rings. The highest BCUT2D eigenvalue weighted by Crippen LogP contribution is 2.14. The molecule has 1 rings (SSSR count). The Morgan fingerprint density at radius 3 is 2.80 bits per heavy atom. The number of aliphatic imine (C=N–C) groups is 1. The Labute approximate surface area is 61.6 Å². The zero-order valence-corrected chi connectivity index (χ0v) is 6.66. The molecule has 10 heavy (non-hydrogen) atoms.